The molecule has 19 heavy (non-hydrogen) atoms. The zero-order chi connectivity index (χ0) is 14.7. The van der Waals surface area contributed by atoms with Gasteiger partial charge in [0.25, 0.3) is 0 Å². The Labute approximate surface area is 111 Å². The molecule has 6 heteroatoms. The van der Waals surface area contributed by atoms with Crippen LogP contribution in [0, 0.1) is 5.41 Å². The Kier molecular flexibility index (Phi) is 5.01. The summed E-state index contributed by atoms with van der Waals surface area (Å²) in [6.07, 6.45) is -2.11. The molecule has 0 fully saturated rings. The van der Waals surface area contributed by atoms with Crippen LogP contribution in [0.25, 0.3) is 0 Å². The maximum Gasteiger partial charge on any atom is 0.412 e. The third-order valence-electron chi connectivity index (χ3n) is 4.06. The second kappa shape index (κ2) is 5.94. The van der Waals surface area contributed by atoms with E-state index in [-0.39, 0.29) is 32.0 Å². The number of alkyl halides is 3. The van der Waals surface area contributed by atoms with Crippen molar-refractivity contribution in [2.45, 2.75) is 39.3 Å². The second-order valence-electron chi connectivity index (χ2n) is 4.92. The summed E-state index contributed by atoms with van der Waals surface area (Å²) in [5.41, 5.74) is 4.52. The molecule has 1 amide bonds. The van der Waals surface area contributed by atoms with E-state index in [0.29, 0.717) is 12.8 Å². The first-order valence-electron chi connectivity index (χ1n) is 6.56. The summed E-state index contributed by atoms with van der Waals surface area (Å²) in [7, 11) is 0. The summed E-state index contributed by atoms with van der Waals surface area (Å²) in [6.45, 7) is 4.14. The molecule has 0 aromatic carbocycles. The topological polar surface area (TPSA) is 46.3 Å². The molecule has 1 aliphatic rings. The molecule has 0 radical (unpaired) electrons. The van der Waals surface area contributed by atoms with Crippen molar-refractivity contribution >= 4 is 5.91 Å². The minimum absolute atomic E-state index is 0.0232. The molecule has 0 unspecified atom stereocenters. The first kappa shape index (κ1) is 16.0. The highest BCUT2D eigenvalue weighted by Crippen LogP contribution is 2.33. The number of nitrogens with two attached hydrogens (primary N) is 1. The Hall–Kier alpha value is -1.04. The lowest BCUT2D eigenvalue weighted by Crippen LogP contribution is -2.49. The predicted molar refractivity (Wildman–Crippen MR) is 67.4 cm³/mol. The Morgan fingerprint density at radius 3 is 2.26 bits per heavy atom. The van der Waals surface area contributed by atoms with Crippen molar-refractivity contribution in [3.63, 3.8) is 0 Å². The van der Waals surface area contributed by atoms with Gasteiger partial charge in [0.1, 0.15) is 0 Å². The van der Waals surface area contributed by atoms with E-state index >= 15 is 0 Å². The summed E-state index contributed by atoms with van der Waals surface area (Å²) in [5.74, 6) is -0.127. The van der Waals surface area contributed by atoms with E-state index in [1.165, 1.54) is 4.90 Å². The zero-order valence-electron chi connectivity index (χ0n) is 11.4. The van der Waals surface area contributed by atoms with Gasteiger partial charge in [0.2, 0.25) is 5.91 Å². The number of amides is 1. The third kappa shape index (κ3) is 3.29. The van der Waals surface area contributed by atoms with E-state index in [9.17, 15) is 18.0 Å². The van der Waals surface area contributed by atoms with Crippen molar-refractivity contribution in [3.05, 3.63) is 11.6 Å². The third-order valence-corrected chi connectivity index (χ3v) is 4.06. The Morgan fingerprint density at radius 1 is 1.37 bits per heavy atom. The largest absolute Gasteiger partial charge is 0.412 e. The predicted octanol–water partition coefficient (Wildman–Crippen LogP) is 2.47. The van der Waals surface area contributed by atoms with Gasteiger partial charge in [0.15, 0.2) is 0 Å². The van der Waals surface area contributed by atoms with Gasteiger partial charge in [-0.1, -0.05) is 19.9 Å². The van der Waals surface area contributed by atoms with Crippen LogP contribution < -0.4 is 5.73 Å². The van der Waals surface area contributed by atoms with E-state index in [0.717, 1.165) is 6.08 Å². The SMILES string of the molecule is CCC(CC)(CN)C(=O)N1CC=C(C(F)(F)F)CC1. The van der Waals surface area contributed by atoms with Crippen LogP contribution >= 0.6 is 0 Å². The molecular weight excluding hydrogens is 257 g/mol. The summed E-state index contributed by atoms with van der Waals surface area (Å²) in [4.78, 5) is 13.9. The van der Waals surface area contributed by atoms with Crippen molar-refractivity contribution in [1.82, 2.24) is 4.90 Å². The smallest absolute Gasteiger partial charge is 0.338 e. The number of hydrogen-bond donors (Lipinski definition) is 1. The summed E-state index contributed by atoms with van der Waals surface area (Å²) >= 11 is 0. The lowest BCUT2D eigenvalue weighted by atomic mass is 9.80. The fourth-order valence-electron chi connectivity index (χ4n) is 2.37. The Balaban J connectivity index is 2.80. The molecule has 0 spiro atoms. The van der Waals surface area contributed by atoms with Crippen molar-refractivity contribution in [2.75, 3.05) is 19.6 Å². The standard InChI is InChI=1S/C13H21F3N2O/c1-3-12(4-2,9-17)11(19)18-7-5-10(6-8-18)13(14,15)16/h5H,3-4,6-9,17H2,1-2H3. The van der Waals surface area contributed by atoms with Crippen LogP contribution in [0.15, 0.2) is 11.6 Å². The highest BCUT2D eigenvalue weighted by Gasteiger charge is 2.40. The Morgan fingerprint density at radius 2 is 1.95 bits per heavy atom. The molecule has 110 valence electrons. The molecule has 0 saturated carbocycles. The van der Waals surface area contributed by atoms with E-state index in [2.05, 4.69) is 0 Å². The van der Waals surface area contributed by atoms with Crippen LogP contribution in [0.1, 0.15) is 33.1 Å². The van der Waals surface area contributed by atoms with Gasteiger partial charge < -0.3 is 10.6 Å². The van der Waals surface area contributed by atoms with Gasteiger partial charge in [-0.3, -0.25) is 4.79 Å². The maximum absolute atomic E-state index is 12.5. The summed E-state index contributed by atoms with van der Waals surface area (Å²) in [5, 5.41) is 0. The molecule has 0 bridgehead atoms. The highest BCUT2D eigenvalue weighted by molar-refractivity contribution is 5.83. The van der Waals surface area contributed by atoms with Crippen LogP contribution in [0.4, 0.5) is 13.2 Å². The van der Waals surface area contributed by atoms with E-state index in [1.807, 2.05) is 13.8 Å². The molecular formula is C13H21F3N2O. The minimum Gasteiger partial charge on any atom is -0.338 e. The monoisotopic (exact) mass is 278 g/mol. The fraction of sp³-hybridized carbons (Fsp3) is 0.769. The van der Waals surface area contributed by atoms with Gasteiger partial charge in [0.05, 0.1) is 5.41 Å². The van der Waals surface area contributed by atoms with Gasteiger partial charge in [-0.2, -0.15) is 13.2 Å². The average Bonchev–Trinajstić information content (AvgIpc) is 2.40. The number of hydrogen-bond acceptors (Lipinski definition) is 2. The normalized spacial score (nSPS) is 17.4. The highest BCUT2D eigenvalue weighted by atomic mass is 19.4. The van der Waals surface area contributed by atoms with Crippen LogP contribution in [0.5, 0.6) is 0 Å². The van der Waals surface area contributed by atoms with Gasteiger partial charge in [0, 0.05) is 25.2 Å². The molecule has 0 aliphatic carbocycles. The van der Waals surface area contributed by atoms with Gasteiger partial charge in [-0.15, -0.1) is 0 Å². The van der Waals surface area contributed by atoms with Gasteiger partial charge in [-0.05, 0) is 19.3 Å². The first-order valence-corrected chi connectivity index (χ1v) is 6.56. The van der Waals surface area contributed by atoms with Gasteiger partial charge >= 0.3 is 6.18 Å². The van der Waals surface area contributed by atoms with E-state index in [1.54, 1.807) is 0 Å². The molecule has 0 aromatic rings. The van der Waals surface area contributed by atoms with Crippen LogP contribution in [0.3, 0.4) is 0 Å². The molecule has 0 atom stereocenters. The van der Waals surface area contributed by atoms with Crippen molar-refractivity contribution < 1.29 is 18.0 Å². The lowest BCUT2D eigenvalue weighted by molar-refractivity contribution is -0.142. The number of carbonyl (C=O) groups is 1. The molecule has 1 heterocycles. The van der Waals surface area contributed by atoms with Crippen LogP contribution in [0.2, 0.25) is 0 Å². The maximum atomic E-state index is 12.5. The second-order valence-corrected chi connectivity index (χ2v) is 4.92. The number of rotatable bonds is 4. The van der Waals surface area contributed by atoms with Crippen molar-refractivity contribution in [2.24, 2.45) is 11.1 Å². The van der Waals surface area contributed by atoms with Crippen LogP contribution in [-0.2, 0) is 4.79 Å². The minimum atomic E-state index is -4.28. The molecule has 2 N–H and O–H groups in total. The van der Waals surface area contributed by atoms with Crippen LogP contribution in [-0.4, -0.2) is 36.6 Å². The summed E-state index contributed by atoms with van der Waals surface area (Å²) < 4.78 is 37.5. The summed E-state index contributed by atoms with van der Waals surface area (Å²) in [6, 6.07) is 0. The van der Waals surface area contributed by atoms with Crippen molar-refractivity contribution in [1.29, 1.82) is 0 Å². The average molecular weight is 278 g/mol. The van der Waals surface area contributed by atoms with Gasteiger partial charge in [-0.25, -0.2) is 0 Å². The molecule has 1 rings (SSSR count). The lowest BCUT2D eigenvalue weighted by Gasteiger charge is -2.36. The first-order chi connectivity index (χ1) is 8.80. The zero-order valence-corrected chi connectivity index (χ0v) is 11.4. The van der Waals surface area contributed by atoms with E-state index < -0.39 is 17.2 Å². The number of halogens is 3. The Bertz CT molecular complexity index is 351. The fourth-order valence-corrected chi connectivity index (χ4v) is 2.37. The molecule has 0 saturated heterocycles. The van der Waals surface area contributed by atoms with E-state index in [4.69, 9.17) is 5.73 Å². The number of nitrogens with zero attached hydrogens (tertiary/aromatic N) is 1. The van der Waals surface area contributed by atoms with Crippen molar-refractivity contribution in [3.8, 4) is 0 Å². The molecule has 1 aliphatic heterocycles. The number of carbonyl (C=O) groups excluding carboxylic acids is 1. The molecule has 3 nitrogen and oxygen atoms in total. The molecule has 0 aromatic heterocycles. The quantitative estimate of drug-likeness (QED) is 0.803.